The fourth-order valence-electron chi connectivity index (χ4n) is 8.19. The highest BCUT2D eigenvalue weighted by Gasteiger charge is 2.19. The Morgan fingerprint density at radius 3 is 1.49 bits per heavy atom. The number of nitrogens with zero attached hydrogens (tertiary/aromatic N) is 1. The summed E-state index contributed by atoms with van der Waals surface area (Å²) in [5.74, 6) is 0. The van der Waals surface area contributed by atoms with Crippen molar-refractivity contribution in [2.24, 2.45) is 0 Å². The molecule has 1 aromatic heterocycles. The van der Waals surface area contributed by atoms with Crippen molar-refractivity contribution < 1.29 is 0 Å². The standard InChI is InChI=1S/C52H35N/c1-3-16-36(17-4-1)40-22-9-10-25-43(40)39-30-32-52-49(34-39)50(45-26-12-11-24-42(45)37-18-5-2-6-19-37)35-53(52)51-33-31-47(46-27-13-14-28-48(46)51)44-29-15-21-38-20-7-8-23-41(38)44/h1-35H. The molecule has 0 radical (unpaired) electrons. The first kappa shape index (κ1) is 30.8. The van der Waals surface area contributed by atoms with Crippen LogP contribution in [0.1, 0.15) is 0 Å². The summed E-state index contributed by atoms with van der Waals surface area (Å²) in [6, 6.07) is 74.8. The van der Waals surface area contributed by atoms with E-state index in [0.29, 0.717) is 0 Å². The van der Waals surface area contributed by atoms with Crippen molar-refractivity contribution in [1.29, 1.82) is 0 Å². The Morgan fingerprint density at radius 2 is 0.774 bits per heavy atom. The molecular formula is C52H35N. The lowest BCUT2D eigenvalue weighted by atomic mass is 9.91. The third kappa shape index (κ3) is 5.34. The van der Waals surface area contributed by atoms with E-state index in [9.17, 15) is 0 Å². The average Bonchev–Trinajstić information content (AvgIpc) is 3.62. The monoisotopic (exact) mass is 673 g/mol. The molecule has 1 nitrogen and oxygen atoms in total. The van der Waals surface area contributed by atoms with E-state index in [1.54, 1.807) is 0 Å². The van der Waals surface area contributed by atoms with Gasteiger partial charge in [0, 0.05) is 22.5 Å². The van der Waals surface area contributed by atoms with Gasteiger partial charge >= 0.3 is 0 Å². The Bertz CT molecular complexity index is 2930. The van der Waals surface area contributed by atoms with E-state index in [1.807, 2.05) is 0 Å². The van der Waals surface area contributed by atoms with Crippen molar-refractivity contribution in [2.75, 3.05) is 0 Å². The molecule has 0 saturated heterocycles. The number of fused-ring (bicyclic) bond motifs is 3. The second-order valence-corrected chi connectivity index (χ2v) is 13.7. The predicted molar refractivity (Wildman–Crippen MR) is 225 cm³/mol. The molecule has 10 aromatic rings. The minimum absolute atomic E-state index is 1.16. The van der Waals surface area contributed by atoms with E-state index >= 15 is 0 Å². The van der Waals surface area contributed by atoms with Crippen LogP contribution in [0.3, 0.4) is 0 Å². The molecule has 10 rings (SSSR count). The third-order valence-corrected chi connectivity index (χ3v) is 10.7. The van der Waals surface area contributed by atoms with Gasteiger partial charge in [-0.1, -0.05) is 188 Å². The van der Waals surface area contributed by atoms with Gasteiger partial charge in [0.05, 0.1) is 11.2 Å². The SMILES string of the molecule is c1ccc(-c2ccccc2-c2ccc3c(c2)c(-c2ccccc2-c2ccccc2)cn3-c2ccc(-c3cccc4ccccc34)c3ccccc23)cc1. The molecule has 0 spiro atoms. The van der Waals surface area contributed by atoms with Gasteiger partial charge in [-0.05, 0) is 84.4 Å². The van der Waals surface area contributed by atoms with Crippen molar-refractivity contribution in [2.45, 2.75) is 0 Å². The molecule has 1 heteroatoms. The van der Waals surface area contributed by atoms with E-state index in [1.165, 1.54) is 88.1 Å². The van der Waals surface area contributed by atoms with Crippen LogP contribution in [0.4, 0.5) is 0 Å². The molecule has 0 fully saturated rings. The van der Waals surface area contributed by atoms with Crippen LogP contribution >= 0.6 is 0 Å². The molecule has 0 N–H and O–H groups in total. The zero-order valence-electron chi connectivity index (χ0n) is 29.2. The summed E-state index contributed by atoms with van der Waals surface area (Å²) < 4.78 is 2.41. The van der Waals surface area contributed by atoms with Gasteiger partial charge in [0.1, 0.15) is 0 Å². The van der Waals surface area contributed by atoms with Crippen LogP contribution in [0.5, 0.6) is 0 Å². The molecule has 1 heterocycles. The first-order valence-corrected chi connectivity index (χ1v) is 18.3. The first-order valence-electron chi connectivity index (χ1n) is 18.3. The summed E-state index contributed by atoms with van der Waals surface area (Å²) in [7, 11) is 0. The van der Waals surface area contributed by atoms with Crippen molar-refractivity contribution in [1.82, 2.24) is 4.57 Å². The zero-order chi connectivity index (χ0) is 35.1. The smallest absolute Gasteiger partial charge is 0.0535 e. The fourth-order valence-corrected chi connectivity index (χ4v) is 8.19. The summed E-state index contributed by atoms with van der Waals surface area (Å²) >= 11 is 0. The third-order valence-electron chi connectivity index (χ3n) is 10.7. The Balaban J connectivity index is 1.23. The molecule has 0 amide bonds. The largest absolute Gasteiger partial charge is 0.315 e. The Kier molecular flexibility index (Phi) is 7.55. The minimum Gasteiger partial charge on any atom is -0.315 e. The first-order chi connectivity index (χ1) is 26.3. The van der Waals surface area contributed by atoms with E-state index < -0.39 is 0 Å². The maximum absolute atomic E-state index is 2.41. The maximum atomic E-state index is 2.41. The maximum Gasteiger partial charge on any atom is 0.0535 e. The van der Waals surface area contributed by atoms with Gasteiger partial charge in [0.2, 0.25) is 0 Å². The summed E-state index contributed by atoms with van der Waals surface area (Å²) in [6.45, 7) is 0. The summed E-state index contributed by atoms with van der Waals surface area (Å²) in [5, 5.41) is 6.19. The fraction of sp³-hybridized carbons (Fsp3) is 0. The quantitative estimate of drug-likeness (QED) is 0.166. The van der Waals surface area contributed by atoms with Crippen LogP contribution < -0.4 is 0 Å². The molecule has 248 valence electrons. The molecule has 0 bridgehead atoms. The minimum atomic E-state index is 1.16. The van der Waals surface area contributed by atoms with Crippen LogP contribution in [0.25, 0.3) is 93.8 Å². The zero-order valence-corrected chi connectivity index (χ0v) is 29.2. The highest BCUT2D eigenvalue weighted by atomic mass is 15.0. The summed E-state index contributed by atoms with van der Waals surface area (Å²) in [5.41, 5.74) is 14.6. The van der Waals surface area contributed by atoms with Crippen molar-refractivity contribution in [3.8, 4) is 61.3 Å². The molecule has 0 saturated carbocycles. The van der Waals surface area contributed by atoms with Crippen LogP contribution in [0.15, 0.2) is 212 Å². The number of rotatable bonds is 6. The molecule has 0 aliphatic heterocycles. The molecular weight excluding hydrogens is 639 g/mol. The molecule has 0 aliphatic rings. The van der Waals surface area contributed by atoms with Gasteiger partial charge in [-0.2, -0.15) is 0 Å². The number of benzene rings is 9. The normalized spacial score (nSPS) is 11.4. The lowest BCUT2D eigenvalue weighted by molar-refractivity contribution is 1.14. The second-order valence-electron chi connectivity index (χ2n) is 13.7. The van der Waals surface area contributed by atoms with Crippen LogP contribution in [-0.4, -0.2) is 4.57 Å². The van der Waals surface area contributed by atoms with Crippen molar-refractivity contribution in [3.63, 3.8) is 0 Å². The van der Waals surface area contributed by atoms with Gasteiger partial charge in [0.25, 0.3) is 0 Å². The molecule has 53 heavy (non-hydrogen) atoms. The molecule has 0 unspecified atom stereocenters. The Morgan fingerprint density at radius 1 is 0.264 bits per heavy atom. The van der Waals surface area contributed by atoms with Crippen molar-refractivity contribution >= 4 is 32.4 Å². The van der Waals surface area contributed by atoms with Gasteiger partial charge in [-0.3, -0.25) is 0 Å². The highest BCUT2D eigenvalue weighted by Crippen LogP contribution is 2.43. The molecule has 9 aromatic carbocycles. The molecule has 0 atom stereocenters. The number of hydrogen-bond donors (Lipinski definition) is 0. The van der Waals surface area contributed by atoms with Gasteiger partial charge < -0.3 is 4.57 Å². The van der Waals surface area contributed by atoms with E-state index in [2.05, 4.69) is 217 Å². The van der Waals surface area contributed by atoms with Crippen LogP contribution in [0.2, 0.25) is 0 Å². The summed E-state index contributed by atoms with van der Waals surface area (Å²) in [4.78, 5) is 0. The summed E-state index contributed by atoms with van der Waals surface area (Å²) in [6.07, 6.45) is 2.36. The van der Waals surface area contributed by atoms with E-state index in [4.69, 9.17) is 0 Å². The lowest BCUT2D eigenvalue weighted by Gasteiger charge is -2.15. The highest BCUT2D eigenvalue weighted by molar-refractivity contribution is 6.09. The van der Waals surface area contributed by atoms with Gasteiger partial charge in [-0.15, -0.1) is 0 Å². The van der Waals surface area contributed by atoms with Gasteiger partial charge in [0.15, 0.2) is 0 Å². The lowest BCUT2D eigenvalue weighted by Crippen LogP contribution is -1.95. The average molecular weight is 674 g/mol. The van der Waals surface area contributed by atoms with Crippen LogP contribution in [-0.2, 0) is 0 Å². The topological polar surface area (TPSA) is 4.93 Å². The van der Waals surface area contributed by atoms with E-state index in [0.717, 1.165) is 5.69 Å². The molecule has 0 aliphatic carbocycles. The number of hydrogen-bond acceptors (Lipinski definition) is 0. The predicted octanol–water partition coefficient (Wildman–Crippen LogP) is 14.3. The van der Waals surface area contributed by atoms with Gasteiger partial charge in [-0.25, -0.2) is 0 Å². The Labute approximate surface area is 309 Å². The number of aromatic nitrogens is 1. The van der Waals surface area contributed by atoms with E-state index in [-0.39, 0.29) is 0 Å². The Hall–Kier alpha value is -6.96. The van der Waals surface area contributed by atoms with Crippen LogP contribution in [0, 0.1) is 0 Å². The second kappa shape index (κ2) is 13.0. The van der Waals surface area contributed by atoms with Crippen molar-refractivity contribution in [3.05, 3.63) is 212 Å².